The van der Waals surface area contributed by atoms with Gasteiger partial charge >= 0.3 is 5.63 Å². The Hall–Kier alpha value is -2.09. The van der Waals surface area contributed by atoms with Crippen LogP contribution >= 0.6 is 0 Å². The summed E-state index contributed by atoms with van der Waals surface area (Å²) in [6, 6.07) is 9.23. The highest BCUT2D eigenvalue weighted by Crippen LogP contribution is 2.13. The first-order valence-corrected chi connectivity index (χ1v) is 5.63. The second-order valence-corrected chi connectivity index (χ2v) is 3.12. The fraction of sp³-hybridized carbons (Fsp3) is 0.235. The fourth-order valence-electron chi connectivity index (χ4n) is 1.37. The molecular weight excluding hydrogens is 236 g/mol. The van der Waals surface area contributed by atoms with Gasteiger partial charge in [0.15, 0.2) is 0 Å². The van der Waals surface area contributed by atoms with Gasteiger partial charge in [0, 0.05) is 5.39 Å². The predicted molar refractivity (Wildman–Crippen MR) is 86.5 cm³/mol. The standard InChI is InChI=1S/C13H10O2.C2H6.2CH4/c1-2-3-6-11-9-10-7-4-5-8-12(10)15-13(11)14;1-2;;/h2-9H,1H2;1-2H3;2*1H4. The van der Waals surface area contributed by atoms with Crippen molar-refractivity contribution in [2.75, 3.05) is 0 Å². The monoisotopic (exact) mass is 260 g/mol. The summed E-state index contributed by atoms with van der Waals surface area (Å²) in [5.41, 5.74) is 0.818. The highest BCUT2D eigenvalue weighted by Gasteiger charge is 2.00. The van der Waals surface area contributed by atoms with Gasteiger partial charge < -0.3 is 4.42 Å². The van der Waals surface area contributed by atoms with Crippen LogP contribution in [0.4, 0.5) is 0 Å². The molecule has 0 N–H and O–H groups in total. The molecule has 19 heavy (non-hydrogen) atoms. The molecule has 0 saturated carbocycles. The summed E-state index contributed by atoms with van der Waals surface area (Å²) in [4.78, 5) is 11.5. The van der Waals surface area contributed by atoms with Gasteiger partial charge in [-0.25, -0.2) is 4.79 Å². The van der Waals surface area contributed by atoms with Crippen molar-refractivity contribution in [3.8, 4) is 0 Å². The minimum Gasteiger partial charge on any atom is -0.422 e. The maximum atomic E-state index is 11.5. The third-order valence-electron chi connectivity index (χ3n) is 2.08. The second kappa shape index (κ2) is 9.89. The topological polar surface area (TPSA) is 30.2 Å². The number of allylic oxidation sites excluding steroid dienone is 2. The smallest absolute Gasteiger partial charge is 0.343 e. The Morgan fingerprint density at radius 1 is 1.16 bits per heavy atom. The van der Waals surface area contributed by atoms with Gasteiger partial charge in [-0.05, 0) is 18.2 Å². The maximum Gasteiger partial charge on any atom is 0.343 e. The summed E-state index contributed by atoms with van der Waals surface area (Å²) < 4.78 is 5.15. The van der Waals surface area contributed by atoms with Crippen LogP contribution in [0.1, 0.15) is 34.3 Å². The van der Waals surface area contributed by atoms with Crippen molar-refractivity contribution in [3.05, 3.63) is 65.0 Å². The van der Waals surface area contributed by atoms with Crippen LogP contribution in [0, 0.1) is 0 Å². The van der Waals surface area contributed by atoms with E-state index in [4.69, 9.17) is 4.42 Å². The summed E-state index contributed by atoms with van der Waals surface area (Å²) in [5, 5.41) is 0.917. The summed E-state index contributed by atoms with van der Waals surface area (Å²) in [6.45, 7) is 7.55. The van der Waals surface area contributed by atoms with Crippen LogP contribution in [0.15, 0.2) is 58.3 Å². The third kappa shape index (κ3) is 4.96. The maximum absolute atomic E-state index is 11.5. The van der Waals surface area contributed by atoms with E-state index in [0.29, 0.717) is 11.1 Å². The molecule has 0 amide bonds. The van der Waals surface area contributed by atoms with Crippen LogP contribution < -0.4 is 5.63 Å². The van der Waals surface area contributed by atoms with Crippen molar-refractivity contribution in [2.45, 2.75) is 28.7 Å². The van der Waals surface area contributed by atoms with E-state index in [1.165, 1.54) is 0 Å². The number of rotatable bonds is 2. The molecule has 2 heteroatoms. The van der Waals surface area contributed by atoms with Gasteiger partial charge in [-0.2, -0.15) is 0 Å². The Morgan fingerprint density at radius 2 is 1.79 bits per heavy atom. The molecule has 0 radical (unpaired) electrons. The van der Waals surface area contributed by atoms with Crippen LogP contribution in [0.2, 0.25) is 0 Å². The second-order valence-electron chi connectivity index (χ2n) is 3.12. The van der Waals surface area contributed by atoms with Crippen LogP contribution in [-0.2, 0) is 0 Å². The zero-order chi connectivity index (χ0) is 12.7. The largest absolute Gasteiger partial charge is 0.422 e. The van der Waals surface area contributed by atoms with Crippen LogP contribution in [0.25, 0.3) is 17.0 Å². The molecule has 1 aromatic carbocycles. The van der Waals surface area contributed by atoms with Crippen molar-refractivity contribution in [3.63, 3.8) is 0 Å². The third-order valence-corrected chi connectivity index (χ3v) is 2.08. The molecule has 1 aromatic heterocycles. The number of hydrogen-bond donors (Lipinski definition) is 0. The molecule has 0 saturated heterocycles. The average Bonchev–Trinajstić information content (AvgIpc) is 2.38. The minimum atomic E-state index is -0.327. The van der Waals surface area contributed by atoms with E-state index in [0.717, 1.165) is 5.39 Å². The van der Waals surface area contributed by atoms with Crippen molar-refractivity contribution in [2.24, 2.45) is 0 Å². The number of para-hydroxylation sites is 1. The lowest BCUT2D eigenvalue weighted by molar-refractivity contribution is 0.559. The zero-order valence-electron chi connectivity index (χ0n) is 10.1. The van der Waals surface area contributed by atoms with Crippen LogP contribution in [0.3, 0.4) is 0 Å². The molecule has 0 spiro atoms. The molecule has 2 aromatic rings. The highest BCUT2D eigenvalue weighted by molar-refractivity contribution is 5.78. The lowest BCUT2D eigenvalue weighted by Gasteiger charge is -1.96. The lowest BCUT2D eigenvalue weighted by Crippen LogP contribution is -2.01. The Labute approximate surface area is 116 Å². The molecule has 0 atom stereocenters. The molecule has 0 aliphatic rings. The molecule has 0 aliphatic heterocycles. The lowest BCUT2D eigenvalue weighted by atomic mass is 10.2. The summed E-state index contributed by atoms with van der Waals surface area (Å²) >= 11 is 0. The first kappa shape index (κ1) is 19.3. The van der Waals surface area contributed by atoms with E-state index in [2.05, 4.69) is 6.58 Å². The molecule has 2 nitrogen and oxygen atoms in total. The van der Waals surface area contributed by atoms with Gasteiger partial charge in [-0.3, -0.25) is 0 Å². The highest BCUT2D eigenvalue weighted by atomic mass is 16.4. The van der Waals surface area contributed by atoms with Crippen molar-refractivity contribution in [1.29, 1.82) is 0 Å². The molecular formula is C17H24O2. The van der Waals surface area contributed by atoms with Gasteiger partial charge in [0.05, 0.1) is 5.56 Å². The number of benzene rings is 1. The van der Waals surface area contributed by atoms with Gasteiger partial charge in [-0.1, -0.05) is 65.6 Å². The van der Waals surface area contributed by atoms with Gasteiger partial charge in [-0.15, -0.1) is 0 Å². The Kier molecular flexibility index (Phi) is 10.0. The van der Waals surface area contributed by atoms with E-state index < -0.39 is 0 Å². The molecule has 0 aliphatic carbocycles. The number of fused-ring (bicyclic) bond motifs is 1. The van der Waals surface area contributed by atoms with Gasteiger partial charge in [0.2, 0.25) is 0 Å². The molecule has 1 heterocycles. The van der Waals surface area contributed by atoms with Gasteiger partial charge in [0.25, 0.3) is 0 Å². The Balaban J connectivity index is 0. The Morgan fingerprint density at radius 3 is 2.42 bits per heavy atom. The quantitative estimate of drug-likeness (QED) is 0.542. The minimum absolute atomic E-state index is 0. The predicted octanol–water partition coefficient (Wildman–Crippen LogP) is 5.29. The molecule has 2 rings (SSSR count). The first-order chi connectivity index (χ1) is 8.31. The summed E-state index contributed by atoms with van der Waals surface area (Å²) in [7, 11) is 0. The summed E-state index contributed by atoms with van der Waals surface area (Å²) in [6.07, 6.45) is 5.01. The molecule has 0 fully saturated rings. The van der Waals surface area contributed by atoms with Crippen molar-refractivity contribution in [1.82, 2.24) is 0 Å². The van der Waals surface area contributed by atoms with Crippen molar-refractivity contribution >= 4 is 17.0 Å². The fourth-order valence-corrected chi connectivity index (χ4v) is 1.37. The van der Waals surface area contributed by atoms with Crippen LogP contribution in [-0.4, -0.2) is 0 Å². The first-order valence-electron chi connectivity index (χ1n) is 5.63. The molecule has 104 valence electrons. The van der Waals surface area contributed by atoms with Crippen LogP contribution in [0.5, 0.6) is 0 Å². The molecule has 0 bridgehead atoms. The number of hydrogen-bond acceptors (Lipinski definition) is 2. The SMILES string of the molecule is C.C.C=CC=Cc1cc2ccccc2oc1=O.CC. The van der Waals surface area contributed by atoms with E-state index in [1.54, 1.807) is 30.4 Å². The summed E-state index contributed by atoms with van der Waals surface area (Å²) in [5.74, 6) is 0. The Bertz CT molecular complexity index is 577. The molecule has 0 unspecified atom stereocenters. The van der Waals surface area contributed by atoms with Gasteiger partial charge in [0.1, 0.15) is 5.58 Å². The average molecular weight is 260 g/mol. The van der Waals surface area contributed by atoms with E-state index in [-0.39, 0.29) is 20.5 Å². The van der Waals surface area contributed by atoms with E-state index >= 15 is 0 Å². The van der Waals surface area contributed by atoms with E-state index in [1.807, 2.05) is 32.0 Å². The van der Waals surface area contributed by atoms with E-state index in [9.17, 15) is 4.79 Å². The van der Waals surface area contributed by atoms with Crippen molar-refractivity contribution < 1.29 is 4.42 Å². The zero-order valence-corrected chi connectivity index (χ0v) is 10.1. The normalized spacial score (nSPS) is 8.95.